The molecule has 0 radical (unpaired) electrons. The van der Waals surface area contributed by atoms with Gasteiger partial charge in [0.2, 0.25) is 0 Å². The van der Waals surface area contributed by atoms with E-state index in [-0.39, 0.29) is 12.0 Å². The fraction of sp³-hybridized carbons (Fsp3) is 0.500. The third kappa shape index (κ3) is 3.47. The lowest BCUT2D eigenvalue weighted by Gasteiger charge is -2.15. The summed E-state index contributed by atoms with van der Waals surface area (Å²) in [7, 11) is 0. The summed E-state index contributed by atoms with van der Waals surface area (Å²) in [6.07, 6.45) is 3.64. The van der Waals surface area contributed by atoms with E-state index < -0.39 is 5.97 Å². The van der Waals surface area contributed by atoms with Gasteiger partial charge in [-0.15, -0.1) is 0 Å². The highest BCUT2D eigenvalue weighted by atomic mass is 35.5. The number of nitrogens with one attached hydrogen (secondary N) is 1. The molecule has 4 heteroatoms. The molecule has 1 fully saturated rings. The third-order valence-corrected chi connectivity index (χ3v) is 3.81. The number of aryl methyl sites for hydroxylation is 1. The summed E-state index contributed by atoms with van der Waals surface area (Å²) < 4.78 is 0. The summed E-state index contributed by atoms with van der Waals surface area (Å²) in [5.41, 5.74) is 1.25. The summed E-state index contributed by atoms with van der Waals surface area (Å²) in [5.74, 6) is -0.883. The van der Waals surface area contributed by atoms with Crippen molar-refractivity contribution >= 4 is 17.6 Å². The molecule has 0 spiro atoms. The molecule has 2 atom stereocenters. The molecule has 2 N–H and O–H groups in total. The number of hydrogen-bond donors (Lipinski definition) is 2. The monoisotopic (exact) mass is 267 g/mol. The van der Waals surface area contributed by atoms with Crippen LogP contribution in [0.5, 0.6) is 0 Å². The van der Waals surface area contributed by atoms with Crippen LogP contribution in [0.1, 0.15) is 24.8 Å². The van der Waals surface area contributed by atoms with Crippen LogP contribution in [0.4, 0.5) is 0 Å². The predicted octanol–water partition coefficient (Wildman–Crippen LogP) is 2.73. The fourth-order valence-electron chi connectivity index (χ4n) is 2.54. The molecule has 0 saturated carbocycles. The van der Waals surface area contributed by atoms with Crippen LogP contribution >= 0.6 is 11.6 Å². The predicted molar refractivity (Wildman–Crippen MR) is 71.9 cm³/mol. The zero-order valence-electron chi connectivity index (χ0n) is 10.2. The molecule has 0 amide bonds. The standard InChI is InChI=1S/C14H18ClNO2/c15-11-6-4-10(5-7-11)2-1-3-13-12(14(17)18)8-9-16-13/h4-7,12-13,16H,1-3,8-9H2,(H,17,18). The van der Waals surface area contributed by atoms with E-state index in [0.717, 1.165) is 37.3 Å². The Balaban J connectivity index is 1.78. The smallest absolute Gasteiger partial charge is 0.308 e. The third-order valence-electron chi connectivity index (χ3n) is 3.56. The molecular weight excluding hydrogens is 250 g/mol. The Morgan fingerprint density at radius 3 is 2.78 bits per heavy atom. The Bertz CT molecular complexity index is 405. The maximum atomic E-state index is 11.0. The number of aliphatic carboxylic acids is 1. The zero-order valence-corrected chi connectivity index (χ0v) is 11.0. The van der Waals surface area contributed by atoms with E-state index >= 15 is 0 Å². The molecule has 98 valence electrons. The molecule has 18 heavy (non-hydrogen) atoms. The lowest BCUT2D eigenvalue weighted by atomic mass is 9.95. The number of carboxylic acid groups (broad SMARTS) is 1. The first kappa shape index (κ1) is 13.4. The maximum Gasteiger partial charge on any atom is 0.308 e. The van der Waals surface area contributed by atoms with Gasteiger partial charge < -0.3 is 10.4 Å². The van der Waals surface area contributed by atoms with E-state index in [9.17, 15) is 4.79 Å². The van der Waals surface area contributed by atoms with E-state index in [2.05, 4.69) is 5.32 Å². The van der Waals surface area contributed by atoms with Gasteiger partial charge in [-0.2, -0.15) is 0 Å². The molecule has 0 aromatic heterocycles. The van der Waals surface area contributed by atoms with Crippen molar-refractivity contribution in [3.63, 3.8) is 0 Å². The highest BCUT2D eigenvalue weighted by Gasteiger charge is 2.31. The second-order valence-electron chi connectivity index (χ2n) is 4.81. The van der Waals surface area contributed by atoms with E-state index in [4.69, 9.17) is 16.7 Å². The molecule has 1 aromatic carbocycles. The molecule has 1 saturated heterocycles. The topological polar surface area (TPSA) is 49.3 Å². The van der Waals surface area contributed by atoms with Crippen LogP contribution in [0.3, 0.4) is 0 Å². The SMILES string of the molecule is O=C(O)C1CCNC1CCCc1ccc(Cl)cc1. The first-order valence-electron chi connectivity index (χ1n) is 6.37. The average Bonchev–Trinajstić information content (AvgIpc) is 2.80. The van der Waals surface area contributed by atoms with Gasteiger partial charge >= 0.3 is 5.97 Å². The second-order valence-corrected chi connectivity index (χ2v) is 5.25. The minimum atomic E-state index is -0.670. The molecule has 0 bridgehead atoms. The van der Waals surface area contributed by atoms with Crippen LogP contribution in [-0.2, 0) is 11.2 Å². The van der Waals surface area contributed by atoms with Crippen molar-refractivity contribution in [3.05, 3.63) is 34.9 Å². The number of carboxylic acids is 1. The van der Waals surface area contributed by atoms with Gasteiger partial charge in [-0.25, -0.2) is 0 Å². The van der Waals surface area contributed by atoms with Crippen LogP contribution in [0.2, 0.25) is 5.02 Å². The van der Waals surface area contributed by atoms with Gasteiger partial charge in [0.1, 0.15) is 0 Å². The van der Waals surface area contributed by atoms with Gasteiger partial charge in [0.15, 0.2) is 0 Å². The molecule has 2 unspecified atom stereocenters. The molecule has 1 aliphatic rings. The molecule has 0 aliphatic carbocycles. The molecule has 1 heterocycles. The van der Waals surface area contributed by atoms with Crippen LogP contribution in [-0.4, -0.2) is 23.7 Å². The Labute approximate surface area is 112 Å². The quantitative estimate of drug-likeness (QED) is 0.862. The van der Waals surface area contributed by atoms with E-state index in [1.807, 2.05) is 24.3 Å². The minimum Gasteiger partial charge on any atom is -0.481 e. The molecule has 1 aliphatic heterocycles. The zero-order chi connectivity index (χ0) is 13.0. The van der Waals surface area contributed by atoms with E-state index in [0.29, 0.717) is 0 Å². The van der Waals surface area contributed by atoms with Gasteiger partial charge in [0, 0.05) is 11.1 Å². The van der Waals surface area contributed by atoms with Crippen molar-refractivity contribution in [1.29, 1.82) is 0 Å². The summed E-state index contributed by atoms with van der Waals surface area (Å²) in [6.45, 7) is 0.822. The van der Waals surface area contributed by atoms with Crippen molar-refractivity contribution in [1.82, 2.24) is 5.32 Å². The molecule has 2 rings (SSSR count). The van der Waals surface area contributed by atoms with E-state index in [1.54, 1.807) is 0 Å². The number of hydrogen-bond acceptors (Lipinski definition) is 2. The first-order valence-corrected chi connectivity index (χ1v) is 6.75. The van der Waals surface area contributed by atoms with Crippen LogP contribution in [0, 0.1) is 5.92 Å². The largest absolute Gasteiger partial charge is 0.481 e. The number of rotatable bonds is 5. The van der Waals surface area contributed by atoms with Crippen LogP contribution in [0.25, 0.3) is 0 Å². The van der Waals surface area contributed by atoms with Crippen molar-refractivity contribution in [2.75, 3.05) is 6.54 Å². The Kier molecular flexibility index (Phi) is 4.61. The van der Waals surface area contributed by atoms with Gasteiger partial charge in [0.25, 0.3) is 0 Å². The summed E-state index contributed by atoms with van der Waals surface area (Å²) in [6, 6.07) is 7.98. The Morgan fingerprint density at radius 1 is 1.39 bits per heavy atom. The summed E-state index contributed by atoms with van der Waals surface area (Å²) in [4.78, 5) is 11.0. The van der Waals surface area contributed by atoms with Crippen molar-refractivity contribution < 1.29 is 9.90 Å². The molecule has 3 nitrogen and oxygen atoms in total. The van der Waals surface area contributed by atoms with Crippen molar-refractivity contribution in [3.8, 4) is 0 Å². The number of benzene rings is 1. The highest BCUT2D eigenvalue weighted by molar-refractivity contribution is 6.30. The van der Waals surface area contributed by atoms with E-state index in [1.165, 1.54) is 5.56 Å². The first-order chi connectivity index (χ1) is 8.66. The molecule has 1 aromatic rings. The lowest BCUT2D eigenvalue weighted by molar-refractivity contribution is -0.142. The maximum absolute atomic E-state index is 11.0. The highest BCUT2D eigenvalue weighted by Crippen LogP contribution is 2.21. The Hall–Kier alpha value is -1.06. The van der Waals surface area contributed by atoms with Gasteiger partial charge in [0.05, 0.1) is 5.92 Å². The van der Waals surface area contributed by atoms with Gasteiger partial charge in [-0.05, 0) is 49.9 Å². The normalized spacial score (nSPS) is 23.2. The Morgan fingerprint density at radius 2 is 2.11 bits per heavy atom. The second kappa shape index (κ2) is 6.21. The van der Waals surface area contributed by atoms with Crippen LogP contribution in [0.15, 0.2) is 24.3 Å². The summed E-state index contributed by atoms with van der Waals surface area (Å²) in [5, 5.41) is 13.1. The average molecular weight is 268 g/mol. The van der Waals surface area contributed by atoms with Gasteiger partial charge in [-0.3, -0.25) is 4.79 Å². The van der Waals surface area contributed by atoms with Crippen LogP contribution < -0.4 is 5.32 Å². The fourth-order valence-corrected chi connectivity index (χ4v) is 2.67. The number of carbonyl (C=O) groups is 1. The number of halogens is 1. The molecular formula is C14H18ClNO2. The lowest BCUT2D eigenvalue weighted by Crippen LogP contribution is -2.31. The van der Waals surface area contributed by atoms with Gasteiger partial charge in [-0.1, -0.05) is 23.7 Å². The van der Waals surface area contributed by atoms with Crippen molar-refractivity contribution in [2.24, 2.45) is 5.92 Å². The minimum absolute atomic E-state index is 0.134. The summed E-state index contributed by atoms with van der Waals surface area (Å²) >= 11 is 5.83. The van der Waals surface area contributed by atoms with Crippen molar-refractivity contribution in [2.45, 2.75) is 31.7 Å².